The summed E-state index contributed by atoms with van der Waals surface area (Å²) in [6.45, 7) is -0.328. The number of nitrogens with two attached hydrogens (primary N) is 1. The van der Waals surface area contributed by atoms with Gasteiger partial charge < -0.3 is 21.1 Å². The number of anilines is 2. The van der Waals surface area contributed by atoms with Crippen LogP contribution in [-0.2, 0) is 14.8 Å². The van der Waals surface area contributed by atoms with Gasteiger partial charge in [-0.2, -0.15) is 0 Å². The molecule has 0 saturated heterocycles. The Labute approximate surface area is 150 Å². The van der Waals surface area contributed by atoms with Gasteiger partial charge in [-0.15, -0.1) is 0 Å². The van der Waals surface area contributed by atoms with E-state index in [2.05, 4.69) is 15.4 Å². The van der Waals surface area contributed by atoms with Crippen molar-refractivity contribution in [2.75, 3.05) is 23.7 Å². The first-order valence-electron chi connectivity index (χ1n) is 7.41. The molecular weight excluding hydrogens is 360 g/mol. The Morgan fingerprint density at radius 2 is 1.85 bits per heavy atom. The first-order chi connectivity index (χ1) is 12.3. The molecule has 0 atom stereocenters. The molecular formula is C16H18N4O5S. The van der Waals surface area contributed by atoms with E-state index in [0.717, 1.165) is 0 Å². The molecule has 0 aliphatic rings. The molecule has 138 valence electrons. The van der Waals surface area contributed by atoms with Gasteiger partial charge in [-0.25, -0.2) is 13.2 Å². The monoisotopic (exact) mass is 378 g/mol. The van der Waals surface area contributed by atoms with Gasteiger partial charge in [0.1, 0.15) is 5.75 Å². The van der Waals surface area contributed by atoms with E-state index in [1.54, 1.807) is 24.3 Å². The lowest BCUT2D eigenvalue weighted by Crippen LogP contribution is -2.36. The number of benzene rings is 2. The molecule has 2 aromatic carbocycles. The summed E-state index contributed by atoms with van der Waals surface area (Å²) < 4.78 is 32.7. The molecule has 0 bridgehead atoms. The van der Waals surface area contributed by atoms with Crippen molar-refractivity contribution in [1.29, 1.82) is 0 Å². The molecule has 0 aromatic heterocycles. The molecule has 26 heavy (non-hydrogen) atoms. The maximum absolute atomic E-state index is 12.6. The summed E-state index contributed by atoms with van der Waals surface area (Å²) in [7, 11) is -2.47. The molecule has 0 radical (unpaired) electrons. The number of hydrogen-bond acceptors (Lipinski definition) is 5. The molecule has 0 fully saturated rings. The number of ether oxygens (including phenoxy) is 1. The lowest BCUT2D eigenvalue weighted by Gasteiger charge is -2.12. The molecule has 2 rings (SSSR count). The second kappa shape index (κ2) is 8.21. The van der Waals surface area contributed by atoms with Crippen molar-refractivity contribution in [3.63, 3.8) is 0 Å². The number of urea groups is 1. The lowest BCUT2D eigenvalue weighted by atomic mass is 10.3. The van der Waals surface area contributed by atoms with Crippen molar-refractivity contribution < 1.29 is 22.7 Å². The largest absolute Gasteiger partial charge is 0.495 e. The number of para-hydroxylation sites is 2. The maximum atomic E-state index is 12.6. The van der Waals surface area contributed by atoms with E-state index >= 15 is 0 Å². The van der Waals surface area contributed by atoms with Crippen LogP contribution < -0.4 is 25.8 Å². The van der Waals surface area contributed by atoms with Crippen LogP contribution in [0, 0.1) is 0 Å². The van der Waals surface area contributed by atoms with E-state index in [0.29, 0.717) is 5.75 Å². The summed E-state index contributed by atoms with van der Waals surface area (Å²) in [4.78, 5) is 22.2. The number of carbonyl (C=O) groups is 2. The maximum Gasteiger partial charge on any atom is 0.312 e. The quantitative estimate of drug-likeness (QED) is 0.571. The van der Waals surface area contributed by atoms with E-state index in [9.17, 15) is 18.0 Å². The van der Waals surface area contributed by atoms with E-state index < -0.39 is 22.0 Å². The number of rotatable bonds is 7. The van der Waals surface area contributed by atoms with Crippen LogP contribution in [0.25, 0.3) is 0 Å². The Morgan fingerprint density at radius 3 is 2.54 bits per heavy atom. The minimum atomic E-state index is -3.90. The van der Waals surface area contributed by atoms with Gasteiger partial charge >= 0.3 is 6.03 Å². The zero-order chi connectivity index (χ0) is 19.2. The van der Waals surface area contributed by atoms with Gasteiger partial charge in [0.25, 0.3) is 10.0 Å². The fourth-order valence-corrected chi connectivity index (χ4v) is 3.16. The van der Waals surface area contributed by atoms with Crippen LogP contribution in [0.15, 0.2) is 53.4 Å². The van der Waals surface area contributed by atoms with Crippen molar-refractivity contribution in [3.8, 4) is 5.75 Å². The molecule has 0 aliphatic heterocycles. The zero-order valence-corrected chi connectivity index (χ0v) is 14.7. The summed E-state index contributed by atoms with van der Waals surface area (Å²) in [6.07, 6.45) is 0. The van der Waals surface area contributed by atoms with E-state index in [4.69, 9.17) is 10.5 Å². The standard InChI is InChI=1S/C16H18N4O5S/c1-25-14-8-3-2-7-13(14)20-26(23,24)12-6-4-5-11(9-12)19-15(21)10-18-16(17)22/h2-9,20H,10H2,1H3,(H,19,21)(H3,17,18,22). The van der Waals surface area contributed by atoms with Gasteiger partial charge in [0.15, 0.2) is 0 Å². The number of hydrogen-bond donors (Lipinski definition) is 4. The highest BCUT2D eigenvalue weighted by Crippen LogP contribution is 2.26. The minimum Gasteiger partial charge on any atom is -0.495 e. The van der Waals surface area contributed by atoms with Gasteiger partial charge in [-0.1, -0.05) is 18.2 Å². The number of primary amides is 1. The average Bonchev–Trinajstić information content (AvgIpc) is 2.60. The molecule has 2 aromatic rings. The second-order valence-electron chi connectivity index (χ2n) is 5.10. The van der Waals surface area contributed by atoms with E-state index in [1.165, 1.54) is 31.4 Å². The Hall–Kier alpha value is -3.27. The Morgan fingerprint density at radius 1 is 1.12 bits per heavy atom. The van der Waals surface area contributed by atoms with Crippen molar-refractivity contribution in [1.82, 2.24) is 5.32 Å². The molecule has 9 nitrogen and oxygen atoms in total. The highest BCUT2D eigenvalue weighted by Gasteiger charge is 2.17. The van der Waals surface area contributed by atoms with Gasteiger partial charge in [0.05, 0.1) is 24.2 Å². The second-order valence-corrected chi connectivity index (χ2v) is 6.78. The molecule has 5 N–H and O–H groups in total. The zero-order valence-electron chi connectivity index (χ0n) is 13.9. The third-order valence-corrected chi connectivity index (χ3v) is 4.57. The molecule has 0 unspecified atom stereocenters. The van der Waals surface area contributed by atoms with Crippen LogP contribution >= 0.6 is 0 Å². The van der Waals surface area contributed by atoms with Gasteiger partial charge in [-0.3, -0.25) is 9.52 Å². The van der Waals surface area contributed by atoms with Crippen LogP contribution in [0.2, 0.25) is 0 Å². The predicted octanol–water partition coefficient (Wildman–Crippen LogP) is 1.10. The molecule has 0 saturated carbocycles. The highest BCUT2D eigenvalue weighted by molar-refractivity contribution is 7.92. The molecule has 10 heteroatoms. The Balaban J connectivity index is 2.17. The molecule has 0 spiro atoms. The number of sulfonamides is 1. The molecule has 3 amide bonds. The average molecular weight is 378 g/mol. The summed E-state index contributed by atoms with van der Waals surface area (Å²) in [5.41, 5.74) is 5.43. The Kier molecular flexibility index (Phi) is 6.02. The van der Waals surface area contributed by atoms with Crippen LogP contribution in [0.4, 0.5) is 16.2 Å². The number of nitrogens with one attached hydrogen (secondary N) is 3. The van der Waals surface area contributed by atoms with E-state index in [-0.39, 0.29) is 22.8 Å². The highest BCUT2D eigenvalue weighted by atomic mass is 32.2. The minimum absolute atomic E-state index is 0.0518. The number of amides is 3. The molecule has 0 heterocycles. The predicted molar refractivity (Wildman–Crippen MR) is 96.5 cm³/mol. The summed E-state index contributed by atoms with van der Waals surface area (Å²) >= 11 is 0. The number of carbonyl (C=O) groups excluding carboxylic acids is 2. The van der Waals surface area contributed by atoms with Gasteiger partial charge in [0, 0.05) is 5.69 Å². The summed E-state index contributed by atoms with van der Waals surface area (Å²) in [6, 6.07) is 11.4. The van der Waals surface area contributed by atoms with Crippen molar-refractivity contribution in [2.45, 2.75) is 4.90 Å². The van der Waals surface area contributed by atoms with Crippen molar-refractivity contribution in [2.24, 2.45) is 5.73 Å². The third-order valence-electron chi connectivity index (χ3n) is 3.20. The third kappa shape index (κ3) is 5.11. The summed E-state index contributed by atoms with van der Waals surface area (Å²) in [5, 5.41) is 4.61. The fourth-order valence-electron chi connectivity index (χ4n) is 2.05. The van der Waals surface area contributed by atoms with Crippen LogP contribution in [0.3, 0.4) is 0 Å². The summed E-state index contributed by atoms with van der Waals surface area (Å²) in [5.74, 6) is -0.172. The van der Waals surface area contributed by atoms with Gasteiger partial charge in [0.2, 0.25) is 5.91 Å². The first-order valence-corrected chi connectivity index (χ1v) is 8.89. The van der Waals surface area contributed by atoms with Crippen LogP contribution in [0.1, 0.15) is 0 Å². The van der Waals surface area contributed by atoms with Crippen LogP contribution in [0.5, 0.6) is 5.75 Å². The van der Waals surface area contributed by atoms with E-state index in [1.807, 2.05) is 0 Å². The molecule has 0 aliphatic carbocycles. The van der Waals surface area contributed by atoms with Crippen molar-refractivity contribution in [3.05, 3.63) is 48.5 Å². The lowest BCUT2D eigenvalue weighted by molar-refractivity contribution is -0.115. The normalized spacial score (nSPS) is 10.7. The fraction of sp³-hybridized carbons (Fsp3) is 0.125. The SMILES string of the molecule is COc1ccccc1NS(=O)(=O)c1cccc(NC(=O)CNC(N)=O)c1. The first kappa shape index (κ1) is 19.1. The van der Waals surface area contributed by atoms with Crippen molar-refractivity contribution >= 4 is 33.3 Å². The topological polar surface area (TPSA) is 140 Å². The number of methoxy groups -OCH3 is 1. The van der Waals surface area contributed by atoms with Gasteiger partial charge in [-0.05, 0) is 30.3 Å². The van der Waals surface area contributed by atoms with Crippen LogP contribution in [-0.4, -0.2) is 34.0 Å². The smallest absolute Gasteiger partial charge is 0.312 e. The Bertz CT molecular complexity index is 914.